The summed E-state index contributed by atoms with van der Waals surface area (Å²) < 4.78 is 10.4. The normalized spacial score (nSPS) is 10.5. The van der Waals surface area contributed by atoms with Crippen molar-refractivity contribution in [2.24, 2.45) is 0 Å². The first-order valence-corrected chi connectivity index (χ1v) is 9.54. The Morgan fingerprint density at radius 3 is 1.13 bits per heavy atom. The van der Waals surface area contributed by atoms with Crippen molar-refractivity contribution in [3.05, 3.63) is 95.1 Å². The van der Waals surface area contributed by atoms with Crippen molar-refractivity contribution in [3.63, 3.8) is 0 Å². The van der Waals surface area contributed by atoms with Crippen molar-refractivity contribution in [1.29, 1.82) is 0 Å². The number of hydrogen-bond donors (Lipinski definition) is 2. The van der Waals surface area contributed by atoms with Crippen LogP contribution in [0.25, 0.3) is 0 Å². The van der Waals surface area contributed by atoms with Gasteiger partial charge in [-0.2, -0.15) is 0 Å². The Bertz CT molecular complexity index is 921. The molecule has 0 amide bonds. The molecule has 6 heteroatoms. The summed E-state index contributed by atoms with van der Waals surface area (Å²) in [6.45, 7) is 4.44. The Morgan fingerprint density at radius 1 is 0.613 bits per heavy atom. The van der Waals surface area contributed by atoms with Gasteiger partial charge in [-0.25, -0.2) is 9.59 Å². The molecule has 0 saturated heterocycles. The van der Waals surface area contributed by atoms with Gasteiger partial charge in [-0.05, 0) is 59.7 Å². The van der Waals surface area contributed by atoms with E-state index in [0.717, 1.165) is 11.5 Å². The van der Waals surface area contributed by atoms with Crippen LogP contribution in [0.4, 0.5) is 0 Å². The van der Waals surface area contributed by atoms with Crippen molar-refractivity contribution in [2.45, 2.75) is 19.3 Å². The van der Waals surface area contributed by atoms with Crippen LogP contribution in [-0.4, -0.2) is 36.4 Å². The van der Waals surface area contributed by atoms with Gasteiger partial charge in [-0.3, -0.25) is 0 Å². The molecular weight excluding hydrogens is 396 g/mol. The number of ether oxygens (including phenoxy) is 2. The quantitative estimate of drug-likeness (QED) is 0.573. The summed E-state index contributed by atoms with van der Waals surface area (Å²) in [5.74, 6) is -0.359. The topological polar surface area (TPSA) is 93.1 Å². The van der Waals surface area contributed by atoms with E-state index in [1.807, 2.05) is 24.3 Å². The first-order chi connectivity index (χ1) is 14.7. The lowest BCUT2D eigenvalue weighted by Gasteiger charge is -2.26. The van der Waals surface area contributed by atoms with Crippen molar-refractivity contribution >= 4 is 11.9 Å². The zero-order chi connectivity index (χ0) is 23.0. The Labute approximate surface area is 181 Å². The molecule has 0 spiro atoms. The highest BCUT2D eigenvalue weighted by atomic mass is 16.5. The van der Waals surface area contributed by atoms with E-state index < -0.39 is 11.9 Å². The van der Waals surface area contributed by atoms with Gasteiger partial charge in [0.05, 0.1) is 25.3 Å². The van der Waals surface area contributed by atoms with Crippen LogP contribution >= 0.6 is 0 Å². The molecule has 6 nitrogen and oxygen atoms in total. The fourth-order valence-electron chi connectivity index (χ4n) is 2.94. The maximum Gasteiger partial charge on any atom is 0.335 e. The highest BCUT2D eigenvalue weighted by Crippen LogP contribution is 2.33. The lowest BCUT2D eigenvalue weighted by molar-refractivity contribution is 0.0681. The molecule has 0 heterocycles. The number of carbonyl (C=O) groups is 2. The van der Waals surface area contributed by atoms with Gasteiger partial charge in [0.25, 0.3) is 0 Å². The van der Waals surface area contributed by atoms with Crippen molar-refractivity contribution in [1.82, 2.24) is 0 Å². The summed E-state index contributed by atoms with van der Waals surface area (Å²) in [6.07, 6.45) is 0. The van der Waals surface area contributed by atoms with E-state index in [-0.39, 0.29) is 16.5 Å². The fraction of sp³-hybridized carbons (Fsp3) is 0.200. The van der Waals surface area contributed by atoms with Gasteiger partial charge < -0.3 is 19.7 Å². The predicted molar refractivity (Wildman–Crippen MR) is 118 cm³/mol. The molecule has 0 aliphatic heterocycles. The van der Waals surface area contributed by atoms with Crippen LogP contribution in [0.1, 0.15) is 45.7 Å². The summed E-state index contributed by atoms with van der Waals surface area (Å²) in [7, 11) is 3.37. The van der Waals surface area contributed by atoms with E-state index in [2.05, 4.69) is 38.1 Å². The minimum Gasteiger partial charge on any atom is -0.497 e. The Kier molecular flexibility index (Phi) is 7.80. The van der Waals surface area contributed by atoms with Crippen LogP contribution in [0.3, 0.4) is 0 Å². The molecule has 0 aliphatic carbocycles. The zero-order valence-electron chi connectivity index (χ0n) is 18.0. The number of methoxy groups -OCH3 is 2. The van der Waals surface area contributed by atoms with E-state index in [0.29, 0.717) is 0 Å². The number of hydrogen-bond acceptors (Lipinski definition) is 4. The summed E-state index contributed by atoms with van der Waals surface area (Å²) >= 11 is 0. The largest absolute Gasteiger partial charge is 0.497 e. The van der Waals surface area contributed by atoms with Crippen LogP contribution in [0.5, 0.6) is 11.5 Å². The van der Waals surface area contributed by atoms with Gasteiger partial charge in [-0.1, -0.05) is 38.1 Å². The first kappa shape index (κ1) is 23.5. The monoisotopic (exact) mass is 422 g/mol. The SMILES string of the molecule is COc1ccc(C(C)(C)c2ccc(OC)cc2)cc1.O=C(O)c1ccc(C(=O)O)cc1. The number of rotatable bonds is 6. The van der Waals surface area contributed by atoms with Crippen molar-refractivity contribution in [2.75, 3.05) is 14.2 Å². The van der Waals surface area contributed by atoms with Gasteiger partial charge in [-0.15, -0.1) is 0 Å². The molecule has 3 aromatic carbocycles. The molecule has 3 aromatic rings. The molecule has 0 aliphatic rings. The number of benzene rings is 3. The van der Waals surface area contributed by atoms with Gasteiger partial charge in [0.15, 0.2) is 0 Å². The van der Waals surface area contributed by atoms with Gasteiger partial charge >= 0.3 is 11.9 Å². The van der Waals surface area contributed by atoms with Crippen LogP contribution in [-0.2, 0) is 5.41 Å². The van der Waals surface area contributed by atoms with E-state index in [4.69, 9.17) is 19.7 Å². The fourth-order valence-corrected chi connectivity index (χ4v) is 2.94. The minimum atomic E-state index is -1.06. The third-order valence-corrected chi connectivity index (χ3v) is 5.00. The minimum absolute atomic E-state index is 0.0431. The molecule has 31 heavy (non-hydrogen) atoms. The first-order valence-electron chi connectivity index (χ1n) is 9.54. The van der Waals surface area contributed by atoms with E-state index in [9.17, 15) is 9.59 Å². The second kappa shape index (κ2) is 10.3. The number of carboxylic acids is 2. The lowest BCUT2D eigenvalue weighted by Crippen LogP contribution is -2.18. The van der Waals surface area contributed by atoms with Crippen LogP contribution in [0.15, 0.2) is 72.8 Å². The Hall–Kier alpha value is -3.80. The maximum absolute atomic E-state index is 10.3. The molecular formula is C25H26O6. The van der Waals surface area contributed by atoms with Gasteiger partial charge in [0.2, 0.25) is 0 Å². The van der Waals surface area contributed by atoms with Crippen LogP contribution in [0, 0.1) is 0 Å². The second-order valence-corrected chi connectivity index (χ2v) is 7.27. The zero-order valence-corrected chi connectivity index (χ0v) is 18.0. The lowest BCUT2D eigenvalue weighted by atomic mass is 9.78. The maximum atomic E-state index is 10.3. The van der Waals surface area contributed by atoms with Gasteiger partial charge in [0, 0.05) is 5.41 Å². The molecule has 0 fully saturated rings. The highest BCUT2D eigenvalue weighted by molar-refractivity contribution is 5.91. The number of carboxylic acid groups (broad SMARTS) is 2. The molecule has 162 valence electrons. The molecule has 0 atom stereocenters. The third kappa shape index (κ3) is 6.09. The molecule has 3 rings (SSSR count). The predicted octanol–water partition coefficient (Wildman–Crippen LogP) is 5.11. The molecule has 2 N–H and O–H groups in total. The average molecular weight is 422 g/mol. The molecule has 0 unspecified atom stereocenters. The summed E-state index contributed by atoms with van der Waals surface area (Å²) in [5, 5.41) is 16.9. The summed E-state index contributed by atoms with van der Waals surface area (Å²) in [6, 6.07) is 21.5. The Balaban J connectivity index is 0.000000245. The molecule has 0 radical (unpaired) electrons. The van der Waals surface area contributed by atoms with Crippen LogP contribution < -0.4 is 9.47 Å². The summed E-state index contributed by atoms with van der Waals surface area (Å²) in [4.78, 5) is 20.7. The highest BCUT2D eigenvalue weighted by Gasteiger charge is 2.23. The van der Waals surface area contributed by atoms with E-state index >= 15 is 0 Å². The third-order valence-electron chi connectivity index (χ3n) is 5.00. The Morgan fingerprint density at radius 2 is 0.903 bits per heavy atom. The molecule has 0 bridgehead atoms. The van der Waals surface area contributed by atoms with E-state index in [1.54, 1.807) is 14.2 Å². The smallest absolute Gasteiger partial charge is 0.335 e. The summed E-state index contributed by atoms with van der Waals surface area (Å²) in [5.41, 5.74) is 2.65. The second-order valence-electron chi connectivity index (χ2n) is 7.27. The number of aromatic carboxylic acids is 2. The van der Waals surface area contributed by atoms with E-state index in [1.165, 1.54) is 35.4 Å². The van der Waals surface area contributed by atoms with Crippen molar-refractivity contribution in [3.8, 4) is 11.5 Å². The average Bonchev–Trinajstić information content (AvgIpc) is 2.79. The van der Waals surface area contributed by atoms with Gasteiger partial charge in [0.1, 0.15) is 11.5 Å². The standard InChI is InChI=1S/C17H20O2.C8H6O4/c1-17(2,13-5-9-15(18-3)10-6-13)14-7-11-16(19-4)12-8-14;9-7(10)5-1-2-6(4-3-5)8(11)12/h5-12H,1-4H3;1-4H,(H,9,10)(H,11,12). The molecule has 0 aromatic heterocycles. The molecule has 0 saturated carbocycles. The van der Waals surface area contributed by atoms with Crippen molar-refractivity contribution < 1.29 is 29.3 Å². The van der Waals surface area contributed by atoms with Crippen LogP contribution in [0.2, 0.25) is 0 Å².